The molecular formula is C18H18BrN5O3. The van der Waals surface area contributed by atoms with Crippen LogP contribution in [0.2, 0.25) is 0 Å². The van der Waals surface area contributed by atoms with Crippen LogP contribution in [-0.4, -0.2) is 44.9 Å². The summed E-state index contributed by atoms with van der Waals surface area (Å²) in [5, 5.41) is 5.60. The van der Waals surface area contributed by atoms with Gasteiger partial charge in [0.15, 0.2) is 11.5 Å². The largest absolute Gasteiger partial charge is 0.463 e. The van der Waals surface area contributed by atoms with Gasteiger partial charge in [0.2, 0.25) is 5.91 Å². The van der Waals surface area contributed by atoms with Gasteiger partial charge in [-0.3, -0.25) is 14.0 Å². The lowest BCUT2D eigenvalue weighted by Gasteiger charge is -2.25. The summed E-state index contributed by atoms with van der Waals surface area (Å²) in [4.78, 5) is 32.0. The van der Waals surface area contributed by atoms with E-state index in [4.69, 9.17) is 4.74 Å². The standard InChI is InChI=1S/C18H18BrN5O3/c1-11(25)27-10-18(2,3)23-15(26)9-20-16-17-21-8-14(19)24(17)13-7-5-4-6-12(13)22-16/h4-8H,2-3,9-10H2,1H3,(H,20,22)(H,23,26). The summed E-state index contributed by atoms with van der Waals surface area (Å²) in [7, 11) is 0. The van der Waals surface area contributed by atoms with Gasteiger partial charge in [0, 0.05) is 6.92 Å². The Hall–Kier alpha value is -2.68. The summed E-state index contributed by atoms with van der Waals surface area (Å²) < 4.78 is 7.53. The molecule has 2 heterocycles. The SMILES string of the molecule is [CH2]C([CH2])(COC(C)=O)NC(=O)CNc1nc2ccccc2n2c(Br)cnc12. The fourth-order valence-electron chi connectivity index (χ4n) is 2.54. The number of fused-ring (bicyclic) bond motifs is 3. The first-order chi connectivity index (χ1) is 12.8. The van der Waals surface area contributed by atoms with Crippen LogP contribution in [0.25, 0.3) is 16.7 Å². The molecule has 1 aromatic carbocycles. The number of para-hydroxylation sites is 2. The van der Waals surface area contributed by atoms with Crippen LogP contribution in [0.5, 0.6) is 0 Å². The van der Waals surface area contributed by atoms with Crippen LogP contribution in [0.15, 0.2) is 35.1 Å². The Morgan fingerprint density at radius 3 is 2.81 bits per heavy atom. The molecule has 2 aromatic heterocycles. The lowest BCUT2D eigenvalue weighted by Crippen LogP contribution is -2.49. The van der Waals surface area contributed by atoms with Gasteiger partial charge in [-0.25, -0.2) is 9.97 Å². The van der Waals surface area contributed by atoms with Crippen LogP contribution in [0, 0.1) is 13.8 Å². The molecule has 0 saturated carbocycles. The minimum absolute atomic E-state index is 0.0711. The van der Waals surface area contributed by atoms with Crippen LogP contribution in [-0.2, 0) is 14.3 Å². The van der Waals surface area contributed by atoms with Crippen LogP contribution in [0.1, 0.15) is 6.92 Å². The van der Waals surface area contributed by atoms with Crippen molar-refractivity contribution in [3.05, 3.63) is 48.9 Å². The van der Waals surface area contributed by atoms with Crippen molar-refractivity contribution in [2.45, 2.75) is 12.5 Å². The van der Waals surface area contributed by atoms with E-state index in [2.05, 4.69) is 50.4 Å². The molecule has 0 bridgehead atoms. The van der Waals surface area contributed by atoms with E-state index in [1.807, 2.05) is 28.7 Å². The highest BCUT2D eigenvalue weighted by molar-refractivity contribution is 9.10. The molecule has 0 aliphatic rings. The number of nitrogens with zero attached hydrogens (tertiary/aromatic N) is 3. The normalized spacial score (nSPS) is 11.6. The predicted octanol–water partition coefficient (Wildman–Crippen LogP) is 2.14. The quantitative estimate of drug-likeness (QED) is 0.580. The van der Waals surface area contributed by atoms with Crippen molar-refractivity contribution in [3.8, 4) is 0 Å². The summed E-state index contributed by atoms with van der Waals surface area (Å²) in [6.07, 6.45) is 1.67. The molecule has 3 rings (SSSR count). The number of halogens is 1. The van der Waals surface area contributed by atoms with Gasteiger partial charge in [0.1, 0.15) is 11.2 Å². The Morgan fingerprint density at radius 2 is 2.07 bits per heavy atom. The maximum atomic E-state index is 12.2. The zero-order chi connectivity index (χ0) is 19.6. The number of rotatable bonds is 6. The Labute approximate surface area is 164 Å². The van der Waals surface area contributed by atoms with E-state index in [-0.39, 0.29) is 19.1 Å². The molecule has 2 radical (unpaired) electrons. The molecule has 0 aliphatic carbocycles. The smallest absolute Gasteiger partial charge is 0.302 e. The summed E-state index contributed by atoms with van der Waals surface area (Å²) >= 11 is 3.48. The fourth-order valence-corrected chi connectivity index (χ4v) is 3.01. The van der Waals surface area contributed by atoms with E-state index in [0.29, 0.717) is 11.5 Å². The summed E-state index contributed by atoms with van der Waals surface area (Å²) in [5.74, 6) is -0.370. The molecular weight excluding hydrogens is 414 g/mol. The van der Waals surface area contributed by atoms with Gasteiger partial charge in [0.25, 0.3) is 0 Å². The number of carbonyl (C=O) groups is 2. The van der Waals surface area contributed by atoms with Crippen LogP contribution >= 0.6 is 15.9 Å². The molecule has 0 aliphatic heterocycles. The summed E-state index contributed by atoms with van der Waals surface area (Å²) in [6.45, 7) is 8.57. The van der Waals surface area contributed by atoms with Crippen molar-refractivity contribution in [1.29, 1.82) is 0 Å². The topological polar surface area (TPSA) is 97.6 Å². The number of amides is 1. The van der Waals surface area contributed by atoms with Crippen molar-refractivity contribution in [3.63, 3.8) is 0 Å². The van der Waals surface area contributed by atoms with Gasteiger partial charge in [-0.1, -0.05) is 12.1 Å². The summed E-state index contributed by atoms with van der Waals surface area (Å²) in [5.41, 5.74) is 1.06. The molecule has 0 spiro atoms. The van der Waals surface area contributed by atoms with Crippen LogP contribution in [0.3, 0.4) is 0 Å². The number of nitrogens with one attached hydrogen (secondary N) is 2. The first-order valence-electron chi connectivity index (χ1n) is 8.07. The minimum atomic E-state index is -1.17. The molecule has 0 unspecified atom stereocenters. The van der Waals surface area contributed by atoms with Crippen molar-refractivity contribution < 1.29 is 14.3 Å². The molecule has 2 N–H and O–H groups in total. The number of esters is 1. The van der Waals surface area contributed by atoms with Crippen molar-refractivity contribution >= 4 is 50.3 Å². The monoisotopic (exact) mass is 431 g/mol. The average Bonchev–Trinajstić information content (AvgIpc) is 3.00. The Balaban J connectivity index is 1.76. The second kappa shape index (κ2) is 7.51. The van der Waals surface area contributed by atoms with Crippen molar-refractivity contribution in [1.82, 2.24) is 19.7 Å². The number of aromatic nitrogens is 3. The highest BCUT2D eigenvalue weighted by Gasteiger charge is 2.22. The number of hydrogen-bond donors (Lipinski definition) is 2. The second-order valence-corrected chi connectivity index (χ2v) is 6.96. The van der Waals surface area contributed by atoms with Crippen molar-refractivity contribution in [2.75, 3.05) is 18.5 Å². The highest BCUT2D eigenvalue weighted by atomic mass is 79.9. The highest BCUT2D eigenvalue weighted by Crippen LogP contribution is 2.25. The number of benzene rings is 1. The first-order valence-corrected chi connectivity index (χ1v) is 8.87. The van der Waals surface area contributed by atoms with Gasteiger partial charge in [-0.15, -0.1) is 0 Å². The molecule has 8 nitrogen and oxygen atoms in total. The molecule has 0 fully saturated rings. The average molecular weight is 432 g/mol. The molecule has 0 saturated heterocycles. The van der Waals surface area contributed by atoms with E-state index in [1.165, 1.54) is 6.92 Å². The molecule has 9 heteroatoms. The maximum absolute atomic E-state index is 12.2. The van der Waals surface area contributed by atoms with Gasteiger partial charge in [-0.05, 0) is 41.9 Å². The third-order valence-corrected chi connectivity index (χ3v) is 4.22. The Morgan fingerprint density at radius 1 is 1.33 bits per heavy atom. The second-order valence-electron chi connectivity index (χ2n) is 6.15. The van der Waals surface area contributed by atoms with Crippen LogP contribution < -0.4 is 10.6 Å². The first kappa shape index (κ1) is 19.1. The van der Waals surface area contributed by atoms with E-state index >= 15 is 0 Å². The van der Waals surface area contributed by atoms with Gasteiger partial charge >= 0.3 is 5.97 Å². The van der Waals surface area contributed by atoms with E-state index in [9.17, 15) is 9.59 Å². The minimum Gasteiger partial charge on any atom is -0.463 e. The maximum Gasteiger partial charge on any atom is 0.302 e. The number of hydrogen-bond acceptors (Lipinski definition) is 6. The summed E-state index contributed by atoms with van der Waals surface area (Å²) in [6, 6.07) is 7.62. The number of imidazole rings is 1. The number of anilines is 1. The van der Waals surface area contributed by atoms with E-state index in [1.54, 1.807) is 6.20 Å². The van der Waals surface area contributed by atoms with Gasteiger partial charge < -0.3 is 15.4 Å². The Kier molecular flexibility index (Phi) is 5.31. The molecule has 27 heavy (non-hydrogen) atoms. The van der Waals surface area contributed by atoms with Crippen molar-refractivity contribution in [2.24, 2.45) is 0 Å². The van der Waals surface area contributed by atoms with E-state index < -0.39 is 11.5 Å². The number of ether oxygens (including phenoxy) is 1. The molecule has 1 amide bonds. The predicted molar refractivity (Wildman–Crippen MR) is 105 cm³/mol. The lowest BCUT2D eigenvalue weighted by atomic mass is 10.1. The van der Waals surface area contributed by atoms with Crippen LogP contribution in [0.4, 0.5) is 5.82 Å². The zero-order valence-corrected chi connectivity index (χ0v) is 16.2. The molecule has 3 aromatic rings. The third-order valence-electron chi connectivity index (χ3n) is 3.66. The molecule has 140 valence electrons. The van der Waals surface area contributed by atoms with Gasteiger partial charge in [-0.2, -0.15) is 0 Å². The zero-order valence-electron chi connectivity index (χ0n) is 14.7. The lowest BCUT2D eigenvalue weighted by molar-refractivity contribution is -0.143. The Bertz CT molecular complexity index is 1010. The molecule has 0 atom stereocenters. The number of carbonyl (C=O) groups excluding carboxylic acids is 2. The third kappa shape index (κ3) is 4.36. The van der Waals surface area contributed by atoms with Gasteiger partial charge in [0.05, 0.1) is 29.3 Å². The fraction of sp³-hybridized carbons (Fsp3) is 0.222. The van der Waals surface area contributed by atoms with E-state index in [0.717, 1.165) is 15.6 Å².